The van der Waals surface area contributed by atoms with Crippen LogP contribution in [0, 0.1) is 5.92 Å². The molecular weight excluding hydrogens is 989 g/mol. The van der Waals surface area contributed by atoms with Crippen molar-refractivity contribution in [3.05, 3.63) is 35.9 Å². The Hall–Kier alpha value is -7.46. The van der Waals surface area contributed by atoms with E-state index in [1.54, 1.807) is 45.0 Å². The third-order valence-corrected chi connectivity index (χ3v) is 11.8. The minimum absolute atomic E-state index is 0.0138. The molecule has 1 saturated heterocycles. The summed E-state index contributed by atoms with van der Waals surface area (Å²) in [4.78, 5) is 145. The molecule has 1 unspecified atom stereocenters. The summed E-state index contributed by atoms with van der Waals surface area (Å²) in [6.45, 7) is 1.60. The highest BCUT2D eigenvalue weighted by Gasteiger charge is 2.31. The Labute approximate surface area is 433 Å². The Morgan fingerprint density at radius 2 is 1.09 bits per heavy atom. The summed E-state index contributed by atoms with van der Waals surface area (Å²) in [5.41, 5.74) is 11.6. The predicted octanol–water partition coefficient (Wildman–Crippen LogP) is -2.81. The van der Waals surface area contributed by atoms with Crippen LogP contribution >= 0.6 is 0 Å². The number of carboxylic acid groups (broad SMARTS) is 5. The molecule has 2 rings (SSSR count). The maximum Gasteiger partial charge on any atom is 0.326 e. The number of Topliss-reactive ketones (excluding diaryl/α,β-unsaturated/α-hetero) is 1. The van der Waals surface area contributed by atoms with Crippen LogP contribution in [0.2, 0.25) is 0 Å². The number of carbonyl (C=O) groups is 11. The van der Waals surface area contributed by atoms with Crippen molar-refractivity contribution in [2.45, 2.75) is 95.2 Å². The predicted molar refractivity (Wildman–Crippen MR) is 268 cm³/mol. The summed E-state index contributed by atoms with van der Waals surface area (Å²) >= 11 is 0. The first-order valence-corrected chi connectivity index (χ1v) is 24.7. The maximum atomic E-state index is 14.1. The van der Waals surface area contributed by atoms with Gasteiger partial charge in [-0.25, -0.2) is 14.4 Å². The van der Waals surface area contributed by atoms with Crippen LogP contribution in [0.3, 0.4) is 0 Å². The molecule has 1 heterocycles. The van der Waals surface area contributed by atoms with E-state index in [4.69, 9.17) is 16.6 Å². The number of hydrogen-bond donors (Lipinski definition) is 13. The largest absolute Gasteiger partial charge is 0.481 e. The molecule has 15 N–H and O–H groups in total. The van der Waals surface area contributed by atoms with Gasteiger partial charge in [0.05, 0.1) is 25.7 Å². The van der Waals surface area contributed by atoms with E-state index in [0.717, 1.165) is 0 Å². The number of nitrogens with zero attached hydrogens (tertiary/aromatic N) is 4. The molecular formula is C47H74N12O16. The highest BCUT2D eigenvalue weighted by Crippen LogP contribution is 2.17. The number of benzene rings is 1. The molecule has 28 heteroatoms. The fourth-order valence-corrected chi connectivity index (χ4v) is 7.75. The topological polar surface area (TPSA) is 435 Å². The average molecular weight is 1060 g/mol. The van der Waals surface area contributed by atoms with Crippen LogP contribution in [0.5, 0.6) is 0 Å². The highest BCUT2D eigenvalue weighted by molar-refractivity contribution is 5.94. The summed E-state index contributed by atoms with van der Waals surface area (Å²) in [5, 5.41) is 62.0. The lowest BCUT2D eigenvalue weighted by molar-refractivity contribution is -0.143. The zero-order valence-electron chi connectivity index (χ0n) is 42.0. The summed E-state index contributed by atoms with van der Waals surface area (Å²) in [7, 11) is 0. The number of nitrogens with two attached hydrogens (primary N) is 2. The number of aliphatic imine (C=N–C) groups is 1. The Kier molecular flexibility index (Phi) is 30.3. The minimum Gasteiger partial charge on any atom is -0.481 e. The number of amides is 6. The molecule has 0 aliphatic carbocycles. The zero-order chi connectivity index (χ0) is 55.7. The van der Waals surface area contributed by atoms with Crippen molar-refractivity contribution < 1.29 is 78.3 Å². The van der Waals surface area contributed by atoms with Gasteiger partial charge < -0.3 is 68.9 Å². The highest BCUT2D eigenvalue weighted by atomic mass is 16.4. The van der Waals surface area contributed by atoms with Gasteiger partial charge in [0.15, 0.2) is 11.7 Å². The number of aliphatic carboxylic acids is 5. The van der Waals surface area contributed by atoms with Crippen molar-refractivity contribution >= 4 is 71.2 Å². The van der Waals surface area contributed by atoms with Gasteiger partial charge in [-0.05, 0) is 56.9 Å². The lowest BCUT2D eigenvalue weighted by atomic mass is 9.90. The number of nitrogens with one attached hydrogen (secondary N) is 6. The molecule has 0 saturated carbocycles. The van der Waals surface area contributed by atoms with Crippen molar-refractivity contribution in [3.63, 3.8) is 0 Å². The Balaban J connectivity index is 2.03. The van der Waals surface area contributed by atoms with Gasteiger partial charge in [-0.2, -0.15) is 0 Å². The van der Waals surface area contributed by atoms with Crippen molar-refractivity contribution in [1.29, 1.82) is 0 Å². The van der Waals surface area contributed by atoms with Crippen molar-refractivity contribution in [3.8, 4) is 0 Å². The number of urea groups is 1. The SMILES string of the molecule is NC(N)=NCCC[C@H](CC(=O)[C@H](Cc1ccccc1)NC(=O)CCNC(=O)CCC(NC(=O)NCCCC(=O)O)C(=O)O)C(=O)N[C@@H](CCCCNC(=O)CN1CCN(CC(=O)O)CCN(CC(=O)O)CC1)C(=O)O. The maximum absolute atomic E-state index is 14.1. The van der Waals surface area contributed by atoms with E-state index in [9.17, 15) is 73.2 Å². The molecule has 1 aliphatic rings. The van der Waals surface area contributed by atoms with Gasteiger partial charge in [-0.3, -0.25) is 58.0 Å². The van der Waals surface area contributed by atoms with Crippen LogP contribution < -0.4 is 43.4 Å². The molecule has 1 aromatic carbocycles. The molecule has 0 radical (unpaired) electrons. The number of guanidine groups is 1. The van der Waals surface area contributed by atoms with Gasteiger partial charge in [0.1, 0.15) is 12.1 Å². The van der Waals surface area contributed by atoms with Gasteiger partial charge in [0.2, 0.25) is 23.6 Å². The van der Waals surface area contributed by atoms with E-state index in [1.807, 2.05) is 0 Å². The van der Waals surface area contributed by atoms with Crippen LogP contribution in [0.15, 0.2) is 35.3 Å². The Bertz CT molecular complexity index is 2070. The molecule has 0 spiro atoms. The molecule has 1 fully saturated rings. The molecule has 75 heavy (non-hydrogen) atoms. The normalized spacial score (nSPS) is 14.9. The summed E-state index contributed by atoms with van der Waals surface area (Å²) in [6, 6.07) is 3.81. The summed E-state index contributed by atoms with van der Waals surface area (Å²) in [5.74, 6) is -10.1. The van der Waals surface area contributed by atoms with Crippen LogP contribution in [-0.2, 0) is 54.4 Å². The second-order valence-electron chi connectivity index (χ2n) is 17.9. The lowest BCUT2D eigenvalue weighted by Gasteiger charge is -2.24. The quantitative estimate of drug-likeness (QED) is 0.0183. The number of unbranched alkanes of at least 4 members (excludes halogenated alkanes) is 1. The van der Waals surface area contributed by atoms with E-state index in [1.165, 1.54) is 0 Å². The summed E-state index contributed by atoms with van der Waals surface area (Å²) in [6.07, 6.45) is -0.635. The molecule has 28 nitrogen and oxygen atoms in total. The second-order valence-corrected chi connectivity index (χ2v) is 17.9. The molecule has 0 aromatic heterocycles. The van der Waals surface area contributed by atoms with Gasteiger partial charge in [0, 0.05) is 97.0 Å². The van der Waals surface area contributed by atoms with Crippen molar-refractivity contribution in [1.82, 2.24) is 46.6 Å². The Morgan fingerprint density at radius 1 is 0.533 bits per heavy atom. The van der Waals surface area contributed by atoms with Crippen molar-refractivity contribution in [2.24, 2.45) is 22.4 Å². The molecule has 4 atom stereocenters. The standard InChI is InChI=1S/C47H74N12O16/c48-46(49)52-17-6-10-32(43(70)55-33(44(71)72)11-4-5-16-50-39(63)28-57-20-22-58(29-41(66)67)24-25-59(23-21-57)30-42(68)69)27-36(60)35(26-31-8-2-1-3-9-31)54-38(62)15-19-51-37(61)14-13-34(45(73)74)56-47(75)53-18-7-12-40(64)65/h1-3,8-9,32-35H,4-7,10-30H2,(H,50,63)(H,51,61)(H,54,62)(H,55,70)(H,64,65)(H,66,67)(H,68,69)(H,71,72)(H,73,74)(H4,48,49,52)(H2,53,56,75)/t32-,33+,34?,35+/m1/s1. The van der Waals surface area contributed by atoms with E-state index >= 15 is 0 Å². The fourth-order valence-electron chi connectivity index (χ4n) is 7.75. The van der Waals surface area contributed by atoms with Crippen LogP contribution in [0.4, 0.5) is 4.79 Å². The third kappa shape index (κ3) is 29.7. The minimum atomic E-state index is -1.45. The van der Waals surface area contributed by atoms with E-state index in [2.05, 4.69) is 36.9 Å². The average Bonchev–Trinajstić information content (AvgIpc) is 3.41. The first-order valence-electron chi connectivity index (χ1n) is 24.7. The number of carboxylic acids is 5. The molecule has 418 valence electrons. The fraction of sp³-hybridized carbons (Fsp3) is 0.617. The van der Waals surface area contributed by atoms with Gasteiger partial charge in [-0.15, -0.1) is 0 Å². The lowest BCUT2D eigenvalue weighted by Crippen LogP contribution is -2.47. The smallest absolute Gasteiger partial charge is 0.326 e. The van der Waals surface area contributed by atoms with Crippen molar-refractivity contribution in [2.75, 3.05) is 85.1 Å². The van der Waals surface area contributed by atoms with Crippen LogP contribution in [0.1, 0.15) is 76.2 Å². The zero-order valence-corrected chi connectivity index (χ0v) is 42.0. The summed E-state index contributed by atoms with van der Waals surface area (Å²) < 4.78 is 0. The molecule has 6 amide bonds. The Morgan fingerprint density at radius 3 is 1.65 bits per heavy atom. The van der Waals surface area contributed by atoms with E-state index in [0.29, 0.717) is 51.3 Å². The van der Waals surface area contributed by atoms with Crippen LogP contribution in [-0.4, -0.2) is 215 Å². The first kappa shape index (κ1) is 63.7. The molecule has 1 aromatic rings. The number of carbonyl (C=O) groups excluding carboxylic acids is 6. The van der Waals surface area contributed by atoms with Gasteiger partial charge in [-0.1, -0.05) is 30.3 Å². The number of hydrogen-bond acceptors (Lipinski definition) is 15. The first-order chi connectivity index (χ1) is 35.6. The third-order valence-electron chi connectivity index (χ3n) is 11.8. The number of rotatable bonds is 36. The van der Waals surface area contributed by atoms with E-state index in [-0.39, 0.29) is 122 Å². The monoisotopic (exact) mass is 1060 g/mol. The second kappa shape index (κ2) is 35.7. The molecule has 1 aliphatic heterocycles. The number of ketones is 1. The van der Waals surface area contributed by atoms with Gasteiger partial charge >= 0.3 is 35.9 Å². The van der Waals surface area contributed by atoms with Gasteiger partial charge in [0.25, 0.3) is 0 Å². The van der Waals surface area contributed by atoms with E-state index < -0.39 is 89.8 Å². The van der Waals surface area contributed by atoms with Crippen LogP contribution in [0.25, 0.3) is 0 Å². The molecule has 0 bridgehead atoms.